The van der Waals surface area contributed by atoms with E-state index in [1.165, 1.54) is 77.9 Å². The van der Waals surface area contributed by atoms with E-state index >= 15 is 0 Å². The monoisotopic (exact) mass is 910 g/mol. The predicted octanol–water partition coefficient (Wildman–Crippen LogP) is 18.5. The fourth-order valence-corrected chi connectivity index (χ4v) is 10.9. The summed E-state index contributed by atoms with van der Waals surface area (Å²) in [6, 6.07) is 85.2. The number of aryl methyl sites for hydroxylation is 4. The minimum Gasteiger partial charge on any atom is -0.311 e. The van der Waals surface area contributed by atoms with Crippen molar-refractivity contribution in [3.8, 4) is 22.3 Å². The summed E-state index contributed by atoms with van der Waals surface area (Å²) in [5.74, 6) is 0. The minimum atomic E-state index is -0.459. The van der Waals surface area contributed by atoms with Gasteiger partial charge >= 0.3 is 0 Å². The van der Waals surface area contributed by atoms with Gasteiger partial charge in [-0.25, -0.2) is 0 Å². The molecule has 71 heavy (non-hydrogen) atoms. The van der Waals surface area contributed by atoms with E-state index in [0.717, 1.165) is 45.3 Å². The molecule has 12 rings (SSSR count). The third-order valence-electron chi connectivity index (χ3n) is 14.5. The molecule has 0 aliphatic heterocycles. The fraction of sp³-hybridized carbons (Fsp3) is 0.0725. The van der Waals surface area contributed by atoms with Gasteiger partial charge in [0.2, 0.25) is 0 Å². The average Bonchev–Trinajstić information content (AvgIpc) is 3.87. The molecule has 1 spiro atoms. The Morgan fingerprint density at radius 1 is 0.254 bits per heavy atom. The normalized spacial score (nSPS) is 14.1. The van der Waals surface area contributed by atoms with E-state index in [-0.39, 0.29) is 0 Å². The summed E-state index contributed by atoms with van der Waals surface area (Å²) < 4.78 is 0. The first-order valence-electron chi connectivity index (χ1n) is 24.7. The number of rotatable bonds is 10. The SMILES string of the molecule is Cc1ccc(N(c2ccc(C)cc2)c2ccc(C=Cc3ccc4c(c3)C3(c5ccccc5-4)c4ccccc4-c4ccc(C=Cc5ccc(N(c6ccc(C)cc6)c6ccc(C)cc6)cc5)cc43)cc2)cc1. The number of fused-ring (bicyclic) bond motifs is 10. The molecule has 0 saturated carbocycles. The summed E-state index contributed by atoms with van der Waals surface area (Å²) in [6.45, 7) is 8.54. The molecule has 0 heterocycles. The molecule has 2 aliphatic carbocycles. The van der Waals surface area contributed by atoms with Gasteiger partial charge in [0.25, 0.3) is 0 Å². The highest BCUT2D eigenvalue weighted by molar-refractivity contribution is 5.96. The van der Waals surface area contributed by atoms with Gasteiger partial charge in [0.15, 0.2) is 0 Å². The Bertz CT molecular complexity index is 3300. The molecule has 0 amide bonds. The van der Waals surface area contributed by atoms with Crippen molar-refractivity contribution in [2.75, 3.05) is 9.80 Å². The maximum absolute atomic E-state index is 2.45. The van der Waals surface area contributed by atoms with Gasteiger partial charge in [-0.05, 0) is 179 Å². The van der Waals surface area contributed by atoms with Gasteiger partial charge < -0.3 is 9.80 Å². The molecule has 0 atom stereocenters. The Balaban J connectivity index is 0.879. The Morgan fingerprint density at radius 2 is 0.507 bits per heavy atom. The predicted molar refractivity (Wildman–Crippen MR) is 302 cm³/mol. The molecular weight excluding hydrogens is 857 g/mol. The van der Waals surface area contributed by atoms with Crippen LogP contribution in [0, 0.1) is 27.7 Å². The molecule has 0 N–H and O–H groups in total. The highest BCUT2D eigenvalue weighted by atomic mass is 15.1. The van der Waals surface area contributed by atoms with Crippen LogP contribution in [0.4, 0.5) is 34.1 Å². The van der Waals surface area contributed by atoms with Gasteiger partial charge in [0.05, 0.1) is 5.41 Å². The molecule has 0 saturated heterocycles. The molecule has 0 fully saturated rings. The van der Waals surface area contributed by atoms with Gasteiger partial charge in [0, 0.05) is 34.1 Å². The van der Waals surface area contributed by atoms with E-state index in [2.05, 4.69) is 292 Å². The quantitative estimate of drug-likeness (QED) is 0.126. The molecule has 2 heteroatoms. The van der Waals surface area contributed by atoms with Gasteiger partial charge in [-0.15, -0.1) is 0 Å². The maximum Gasteiger partial charge on any atom is 0.0725 e. The van der Waals surface area contributed by atoms with Crippen LogP contribution in [0.25, 0.3) is 46.6 Å². The first kappa shape index (κ1) is 43.6. The van der Waals surface area contributed by atoms with Crippen molar-refractivity contribution in [1.82, 2.24) is 0 Å². The largest absolute Gasteiger partial charge is 0.311 e. The number of nitrogens with zero attached hydrogens (tertiary/aromatic N) is 2. The molecule has 0 bridgehead atoms. The molecule has 0 radical (unpaired) electrons. The third kappa shape index (κ3) is 7.88. The second-order valence-electron chi connectivity index (χ2n) is 19.3. The lowest BCUT2D eigenvalue weighted by atomic mass is 9.70. The van der Waals surface area contributed by atoms with E-state index in [9.17, 15) is 0 Å². The molecular formula is C69H54N2. The summed E-state index contributed by atoms with van der Waals surface area (Å²) in [4.78, 5) is 4.65. The van der Waals surface area contributed by atoms with Crippen molar-refractivity contribution in [2.45, 2.75) is 33.1 Å². The van der Waals surface area contributed by atoms with Gasteiger partial charge in [-0.3, -0.25) is 0 Å². The van der Waals surface area contributed by atoms with Gasteiger partial charge in [-0.2, -0.15) is 0 Å². The lowest BCUT2D eigenvalue weighted by Crippen LogP contribution is -2.26. The number of hydrogen-bond acceptors (Lipinski definition) is 2. The van der Waals surface area contributed by atoms with E-state index in [4.69, 9.17) is 0 Å². The van der Waals surface area contributed by atoms with E-state index in [1.807, 2.05) is 0 Å². The Kier molecular flexibility index (Phi) is 11.0. The zero-order valence-corrected chi connectivity index (χ0v) is 40.6. The van der Waals surface area contributed by atoms with Crippen LogP contribution in [0.3, 0.4) is 0 Å². The van der Waals surface area contributed by atoms with Crippen LogP contribution in [0.1, 0.15) is 66.8 Å². The van der Waals surface area contributed by atoms with E-state index < -0.39 is 5.41 Å². The first-order chi connectivity index (χ1) is 34.8. The topological polar surface area (TPSA) is 6.48 Å². The lowest BCUT2D eigenvalue weighted by molar-refractivity contribution is 0.793. The summed E-state index contributed by atoms with van der Waals surface area (Å²) >= 11 is 0. The molecule has 10 aromatic carbocycles. The summed E-state index contributed by atoms with van der Waals surface area (Å²) in [6.07, 6.45) is 9.04. The zero-order chi connectivity index (χ0) is 48.1. The lowest BCUT2D eigenvalue weighted by Gasteiger charge is -2.30. The van der Waals surface area contributed by atoms with Crippen LogP contribution in [-0.4, -0.2) is 0 Å². The molecule has 2 aliphatic rings. The average molecular weight is 911 g/mol. The second kappa shape index (κ2) is 18.0. The third-order valence-corrected chi connectivity index (χ3v) is 14.5. The number of anilines is 6. The molecule has 0 unspecified atom stereocenters. The van der Waals surface area contributed by atoms with E-state index in [1.54, 1.807) is 0 Å². The number of benzene rings is 10. The minimum absolute atomic E-state index is 0.459. The first-order valence-corrected chi connectivity index (χ1v) is 24.7. The van der Waals surface area contributed by atoms with Crippen molar-refractivity contribution in [1.29, 1.82) is 0 Å². The van der Waals surface area contributed by atoms with Crippen molar-refractivity contribution in [2.24, 2.45) is 0 Å². The van der Waals surface area contributed by atoms with Crippen molar-refractivity contribution in [3.05, 3.63) is 297 Å². The van der Waals surface area contributed by atoms with Crippen molar-refractivity contribution >= 4 is 58.4 Å². The van der Waals surface area contributed by atoms with Crippen LogP contribution in [0.15, 0.2) is 231 Å². The highest BCUT2D eigenvalue weighted by Crippen LogP contribution is 2.63. The molecule has 0 aromatic heterocycles. The number of hydrogen-bond donors (Lipinski definition) is 0. The van der Waals surface area contributed by atoms with Crippen molar-refractivity contribution in [3.63, 3.8) is 0 Å². The summed E-state index contributed by atoms with van der Waals surface area (Å²) in [5.41, 5.74) is 26.5. The standard InChI is InChI=1S/C69H54N2/c1-47-13-31-55(32-14-47)70(56-33-15-48(2)16-34-56)59-39-25-51(26-40-59)21-23-53-29-43-63-61-9-5-7-11-65(61)69(67(63)45-53)66-12-8-6-10-62(66)64-44-30-54(46-68(64)69)24-22-52-27-41-60(42-28-52)71(57-35-17-49(3)18-36-57)58-37-19-50(4)20-38-58/h5-46H,1-4H3. The van der Waals surface area contributed by atoms with Crippen LogP contribution < -0.4 is 9.80 Å². The second-order valence-corrected chi connectivity index (χ2v) is 19.3. The molecule has 2 nitrogen and oxygen atoms in total. The molecule has 10 aromatic rings. The van der Waals surface area contributed by atoms with Gasteiger partial charge in [0.1, 0.15) is 0 Å². The Labute approximate surface area is 418 Å². The van der Waals surface area contributed by atoms with Crippen molar-refractivity contribution < 1.29 is 0 Å². The smallest absolute Gasteiger partial charge is 0.0725 e. The zero-order valence-electron chi connectivity index (χ0n) is 40.6. The van der Waals surface area contributed by atoms with Gasteiger partial charge in [-0.1, -0.05) is 192 Å². The van der Waals surface area contributed by atoms with Crippen LogP contribution in [0.2, 0.25) is 0 Å². The highest BCUT2D eigenvalue weighted by Gasteiger charge is 2.51. The summed E-state index contributed by atoms with van der Waals surface area (Å²) in [7, 11) is 0. The van der Waals surface area contributed by atoms with Crippen LogP contribution in [0.5, 0.6) is 0 Å². The Hall–Kier alpha value is -8.72. The van der Waals surface area contributed by atoms with Crippen LogP contribution >= 0.6 is 0 Å². The fourth-order valence-electron chi connectivity index (χ4n) is 10.9. The van der Waals surface area contributed by atoms with Crippen LogP contribution in [-0.2, 0) is 5.41 Å². The summed E-state index contributed by atoms with van der Waals surface area (Å²) in [5, 5.41) is 0. The van der Waals surface area contributed by atoms with E-state index in [0.29, 0.717) is 0 Å². The maximum atomic E-state index is 2.45. The Morgan fingerprint density at radius 3 is 0.831 bits per heavy atom. The molecule has 340 valence electrons.